The first-order chi connectivity index (χ1) is 24.2. The number of benzene rings is 4. The summed E-state index contributed by atoms with van der Waals surface area (Å²) in [5.41, 5.74) is 21.2. The van der Waals surface area contributed by atoms with Gasteiger partial charge in [0.15, 0.2) is 0 Å². The fourth-order valence-corrected chi connectivity index (χ4v) is 5.67. The largest absolute Gasteiger partial charge is 0.370 e. The van der Waals surface area contributed by atoms with Crippen LogP contribution in [-0.4, -0.2) is 27.8 Å². The normalized spacial score (nSPS) is 10.6. The number of urea groups is 1. The van der Waals surface area contributed by atoms with Gasteiger partial charge in [-0.1, -0.05) is 61.2 Å². The van der Waals surface area contributed by atoms with Crippen molar-refractivity contribution < 1.29 is 14.4 Å². The number of amides is 4. The Balaban J connectivity index is 1.19. The first-order valence-electron chi connectivity index (χ1n) is 15.9. The van der Waals surface area contributed by atoms with Crippen LogP contribution in [0.3, 0.4) is 0 Å². The van der Waals surface area contributed by atoms with E-state index in [9.17, 15) is 14.4 Å². The predicted molar refractivity (Wildman–Crippen MR) is 199 cm³/mol. The molecule has 9 heteroatoms. The Morgan fingerprint density at radius 2 is 1.20 bits per heavy atom. The molecule has 0 fully saturated rings. The molecule has 2 heterocycles. The van der Waals surface area contributed by atoms with E-state index in [1.807, 2.05) is 97.1 Å². The third-order valence-electron chi connectivity index (χ3n) is 8.22. The standard InChI is InChI=1S/C41H34N6O3/c1-26(40(43)49)33-20-34(22-35(21-33)32-7-4-18-45-25-32)28-5-2-8-37(23-28)47-41(50)46-36-13-9-27(10-14-36)38-15-11-29(31-6-3-17-44-24-31)19-30(38)12-16-39(42)48/h2-11,13-15,17-25H,1,12,16H2,(H2,42,48)(H2,43,49)(H2,46,47,50). The minimum Gasteiger partial charge on any atom is -0.370 e. The number of primary amides is 2. The van der Waals surface area contributed by atoms with Crippen LogP contribution in [0.1, 0.15) is 17.5 Å². The van der Waals surface area contributed by atoms with E-state index in [2.05, 4.69) is 33.2 Å². The highest BCUT2D eigenvalue weighted by atomic mass is 16.2. The molecule has 4 aromatic carbocycles. The van der Waals surface area contributed by atoms with Crippen molar-refractivity contribution in [3.63, 3.8) is 0 Å². The molecule has 0 unspecified atom stereocenters. The van der Waals surface area contributed by atoms with Crippen molar-refractivity contribution in [2.75, 3.05) is 10.6 Å². The SMILES string of the molecule is C=C(C(N)=O)c1cc(-c2cccnc2)cc(-c2cccc(NC(=O)Nc3ccc(-c4ccc(-c5cccnc5)cc4CCC(N)=O)cc3)c2)c1. The van der Waals surface area contributed by atoms with Crippen molar-refractivity contribution in [1.82, 2.24) is 9.97 Å². The van der Waals surface area contributed by atoms with Gasteiger partial charge in [-0.05, 0) is 111 Å². The molecule has 0 aliphatic heterocycles. The van der Waals surface area contributed by atoms with Gasteiger partial charge in [0.25, 0.3) is 0 Å². The van der Waals surface area contributed by atoms with Gasteiger partial charge in [-0.15, -0.1) is 0 Å². The predicted octanol–water partition coefficient (Wildman–Crippen LogP) is 7.71. The number of rotatable bonds is 11. The second-order valence-electron chi connectivity index (χ2n) is 11.7. The molecule has 2 aromatic heterocycles. The molecule has 4 amide bonds. The number of pyridine rings is 2. The maximum Gasteiger partial charge on any atom is 0.323 e. The fourth-order valence-electron chi connectivity index (χ4n) is 5.67. The van der Waals surface area contributed by atoms with Crippen LogP contribution in [0.15, 0.2) is 141 Å². The van der Waals surface area contributed by atoms with Gasteiger partial charge in [0.2, 0.25) is 11.8 Å². The summed E-state index contributed by atoms with van der Waals surface area (Å²) in [6, 6.07) is 34.0. The summed E-state index contributed by atoms with van der Waals surface area (Å²) in [6.45, 7) is 3.87. The Morgan fingerprint density at radius 1 is 0.600 bits per heavy atom. The van der Waals surface area contributed by atoms with Crippen LogP contribution in [0, 0.1) is 0 Å². The van der Waals surface area contributed by atoms with Gasteiger partial charge < -0.3 is 22.1 Å². The topological polar surface area (TPSA) is 153 Å². The molecule has 0 radical (unpaired) electrons. The number of hydrogen-bond donors (Lipinski definition) is 4. The average Bonchev–Trinajstić information content (AvgIpc) is 3.14. The first kappa shape index (κ1) is 33.0. The molecule has 0 saturated heterocycles. The number of hydrogen-bond acceptors (Lipinski definition) is 5. The molecule has 6 aromatic rings. The van der Waals surface area contributed by atoms with Crippen molar-refractivity contribution in [2.24, 2.45) is 11.5 Å². The summed E-state index contributed by atoms with van der Waals surface area (Å²) in [5, 5.41) is 5.80. The summed E-state index contributed by atoms with van der Waals surface area (Å²) < 4.78 is 0. The lowest BCUT2D eigenvalue weighted by molar-refractivity contribution is -0.118. The monoisotopic (exact) mass is 658 g/mol. The Bertz CT molecular complexity index is 2200. The van der Waals surface area contributed by atoms with E-state index in [0.717, 1.165) is 50.1 Å². The summed E-state index contributed by atoms with van der Waals surface area (Å²) in [6.07, 6.45) is 7.69. The van der Waals surface area contributed by atoms with E-state index >= 15 is 0 Å². The quantitative estimate of drug-likeness (QED) is 0.105. The number of nitrogens with zero attached hydrogens (tertiary/aromatic N) is 2. The molecule has 9 nitrogen and oxygen atoms in total. The molecule has 0 atom stereocenters. The Kier molecular flexibility index (Phi) is 9.86. The number of anilines is 2. The van der Waals surface area contributed by atoms with Gasteiger partial charge in [0, 0.05) is 53.7 Å². The maximum atomic E-state index is 13.1. The lowest BCUT2D eigenvalue weighted by atomic mass is 9.93. The number of nitrogens with one attached hydrogen (secondary N) is 2. The van der Waals surface area contributed by atoms with Crippen LogP contribution in [0.2, 0.25) is 0 Å². The van der Waals surface area contributed by atoms with Gasteiger partial charge in [0.05, 0.1) is 0 Å². The molecule has 0 bridgehead atoms. The highest BCUT2D eigenvalue weighted by Crippen LogP contribution is 2.33. The van der Waals surface area contributed by atoms with Crippen LogP contribution in [0.25, 0.3) is 50.1 Å². The van der Waals surface area contributed by atoms with Crippen LogP contribution in [0.5, 0.6) is 0 Å². The van der Waals surface area contributed by atoms with Crippen molar-refractivity contribution in [2.45, 2.75) is 12.8 Å². The maximum absolute atomic E-state index is 13.1. The summed E-state index contributed by atoms with van der Waals surface area (Å²) in [5.74, 6) is -0.975. The average molecular weight is 659 g/mol. The lowest BCUT2D eigenvalue weighted by Gasteiger charge is -2.14. The van der Waals surface area contributed by atoms with Gasteiger partial charge in [0.1, 0.15) is 0 Å². The summed E-state index contributed by atoms with van der Waals surface area (Å²) in [4.78, 5) is 45.1. The van der Waals surface area contributed by atoms with Gasteiger partial charge in [-0.3, -0.25) is 19.6 Å². The number of carbonyl (C=O) groups excluding carboxylic acids is 3. The van der Waals surface area contributed by atoms with Crippen molar-refractivity contribution in [3.05, 3.63) is 152 Å². The van der Waals surface area contributed by atoms with Crippen LogP contribution >= 0.6 is 0 Å². The van der Waals surface area contributed by atoms with Gasteiger partial charge in [-0.25, -0.2) is 4.79 Å². The van der Waals surface area contributed by atoms with Crippen LogP contribution in [-0.2, 0) is 16.0 Å². The number of aryl methyl sites for hydroxylation is 1. The van der Waals surface area contributed by atoms with E-state index in [1.54, 1.807) is 30.9 Å². The number of aromatic nitrogens is 2. The molecule has 6 N–H and O–H groups in total. The Labute approximate surface area is 289 Å². The van der Waals surface area contributed by atoms with E-state index in [0.29, 0.717) is 23.4 Å². The highest BCUT2D eigenvalue weighted by Gasteiger charge is 2.13. The molecule has 246 valence electrons. The second kappa shape index (κ2) is 14.9. The second-order valence-corrected chi connectivity index (χ2v) is 11.7. The summed E-state index contributed by atoms with van der Waals surface area (Å²) >= 11 is 0. The van der Waals surface area contributed by atoms with E-state index < -0.39 is 11.9 Å². The first-order valence-corrected chi connectivity index (χ1v) is 15.9. The van der Waals surface area contributed by atoms with Crippen LogP contribution in [0.4, 0.5) is 16.2 Å². The molecular formula is C41H34N6O3. The third-order valence-corrected chi connectivity index (χ3v) is 8.22. The Hall–Kier alpha value is -6.87. The molecule has 50 heavy (non-hydrogen) atoms. The molecule has 0 aliphatic carbocycles. The molecule has 0 spiro atoms. The van der Waals surface area contributed by atoms with E-state index in [-0.39, 0.29) is 17.9 Å². The van der Waals surface area contributed by atoms with Crippen LogP contribution < -0.4 is 22.1 Å². The third kappa shape index (κ3) is 7.98. The van der Waals surface area contributed by atoms with Gasteiger partial charge >= 0.3 is 6.03 Å². The van der Waals surface area contributed by atoms with E-state index in [4.69, 9.17) is 11.5 Å². The smallest absolute Gasteiger partial charge is 0.323 e. The van der Waals surface area contributed by atoms with Crippen molar-refractivity contribution >= 4 is 34.8 Å². The Morgan fingerprint density at radius 3 is 1.84 bits per heavy atom. The molecule has 0 aliphatic rings. The summed E-state index contributed by atoms with van der Waals surface area (Å²) in [7, 11) is 0. The van der Waals surface area contributed by atoms with Gasteiger partial charge in [-0.2, -0.15) is 0 Å². The minimum atomic E-state index is -0.610. The zero-order valence-electron chi connectivity index (χ0n) is 27.1. The zero-order valence-corrected chi connectivity index (χ0v) is 27.1. The molecule has 6 rings (SSSR count). The molecular weight excluding hydrogens is 624 g/mol. The fraction of sp³-hybridized carbons (Fsp3) is 0.0488. The zero-order chi connectivity index (χ0) is 35.0. The molecule has 0 saturated carbocycles. The number of nitrogens with two attached hydrogens (primary N) is 2. The van der Waals surface area contributed by atoms with Crippen molar-refractivity contribution in [1.29, 1.82) is 0 Å². The number of carbonyl (C=O) groups is 3. The lowest BCUT2D eigenvalue weighted by Crippen LogP contribution is -2.19. The minimum absolute atomic E-state index is 0.195. The van der Waals surface area contributed by atoms with Crippen molar-refractivity contribution in [3.8, 4) is 44.5 Å². The highest BCUT2D eigenvalue weighted by molar-refractivity contribution is 6.18. The van der Waals surface area contributed by atoms with E-state index in [1.165, 1.54) is 0 Å².